The number of aryl methyl sites for hydroxylation is 1. The molecular formula is C12H11BrN2. The smallest absolute Gasteiger partial charge is 0.0474 e. The fraction of sp³-hybridized carbons (Fsp3) is 0.250. The van der Waals surface area contributed by atoms with Crippen LogP contribution >= 0.6 is 15.9 Å². The van der Waals surface area contributed by atoms with Crippen LogP contribution in [0.5, 0.6) is 0 Å². The van der Waals surface area contributed by atoms with Gasteiger partial charge in [0, 0.05) is 39.4 Å². The summed E-state index contributed by atoms with van der Waals surface area (Å²) in [7, 11) is 0. The molecule has 2 aromatic rings. The van der Waals surface area contributed by atoms with Crippen molar-refractivity contribution in [3.63, 3.8) is 0 Å². The lowest BCUT2D eigenvalue weighted by atomic mass is 10.1. The molecule has 0 unspecified atom stereocenters. The van der Waals surface area contributed by atoms with E-state index in [9.17, 15) is 0 Å². The van der Waals surface area contributed by atoms with Crippen molar-refractivity contribution in [2.75, 3.05) is 6.54 Å². The quantitative estimate of drug-likeness (QED) is 0.755. The van der Waals surface area contributed by atoms with E-state index in [0.29, 0.717) is 0 Å². The van der Waals surface area contributed by atoms with Crippen LogP contribution in [0, 0.1) is 0 Å². The third-order valence-corrected chi connectivity index (χ3v) is 3.31. The number of hydrogen-bond donors (Lipinski definition) is 1. The lowest BCUT2D eigenvalue weighted by Crippen LogP contribution is -1.87. The van der Waals surface area contributed by atoms with Gasteiger partial charge in [-0.25, -0.2) is 0 Å². The van der Waals surface area contributed by atoms with Crippen LogP contribution in [0.1, 0.15) is 17.7 Å². The molecule has 0 atom stereocenters. The monoisotopic (exact) mass is 262 g/mol. The summed E-state index contributed by atoms with van der Waals surface area (Å²) in [5.41, 5.74) is 3.79. The molecule has 0 spiro atoms. The van der Waals surface area contributed by atoms with Crippen LogP contribution in [0.2, 0.25) is 0 Å². The number of nitrogens with zero attached hydrogens (tertiary/aromatic N) is 1. The van der Waals surface area contributed by atoms with Gasteiger partial charge >= 0.3 is 0 Å². The highest BCUT2D eigenvalue weighted by molar-refractivity contribution is 9.10. The Balaban J connectivity index is 2.31. The number of H-pyrrole nitrogens is 1. The number of rotatable bonds is 0. The number of aromatic amines is 1. The topological polar surface area (TPSA) is 28.1 Å². The molecule has 76 valence electrons. The Labute approximate surface area is 96.5 Å². The minimum Gasteiger partial charge on any atom is -0.358 e. The van der Waals surface area contributed by atoms with Crippen molar-refractivity contribution in [3.8, 4) is 0 Å². The second-order valence-corrected chi connectivity index (χ2v) is 4.76. The lowest BCUT2D eigenvalue weighted by Gasteiger charge is -1.93. The zero-order valence-electron chi connectivity index (χ0n) is 8.26. The Morgan fingerprint density at radius 3 is 3.20 bits per heavy atom. The summed E-state index contributed by atoms with van der Waals surface area (Å²) in [6, 6.07) is 6.35. The number of nitrogens with one attached hydrogen (secondary N) is 1. The van der Waals surface area contributed by atoms with Gasteiger partial charge < -0.3 is 4.98 Å². The lowest BCUT2D eigenvalue weighted by molar-refractivity contribution is 0.830. The maximum atomic E-state index is 4.40. The first-order valence-corrected chi connectivity index (χ1v) is 5.94. The molecule has 0 radical (unpaired) electrons. The van der Waals surface area contributed by atoms with Gasteiger partial charge in [0.15, 0.2) is 0 Å². The first kappa shape index (κ1) is 9.16. The maximum absolute atomic E-state index is 4.40. The van der Waals surface area contributed by atoms with E-state index in [1.165, 1.54) is 22.2 Å². The normalized spacial score (nSPS) is 15.3. The molecule has 2 nitrogen and oxygen atoms in total. The molecule has 1 aliphatic rings. The molecule has 0 aliphatic carbocycles. The van der Waals surface area contributed by atoms with Crippen molar-refractivity contribution in [2.24, 2.45) is 4.99 Å². The molecule has 1 N–H and O–H groups in total. The molecule has 0 amide bonds. The van der Waals surface area contributed by atoms with Crippen molar-refractivity contribution < 1.29 is 0 Å². The van der Waals surface area contributed by atoms with Gasteiger partial charge in [0.05, 0.1) is 0 Å². The van der Waals surface area contributed by atoms with Crippen LogP contribution in [-0.2, 0) is 6.42 Å². The number of hydrogen-bond acceptors (Lipinski definition) is 1. The number of halogens is 1. The van der Waals surface area contributed by atoms with Gasteiger partial charge in [-0.05, 0) is 25.0 Å². The molecule has 0 saturated heterocycles. The van der Waals surface area contributed by atoms with Gasteiger partial charge in [-0.1, -0.05) is 22.0 Å². The van der Waals surface area contributed by atoms with E-state index in [2.05, 4.69) is 44.1 Å². The SMILES string of the molecule is Brc1ccc2c3c([nH]c2c1)CCCN=C3. The van der Waals surface area contributed by atoms with Gasteiger partial charge in [-0.2, -0.15) is 0 Å². The minimum atomic E-state index is 0.945. The molecule has 3 rings (SSSR count). The van der Waals surface area contributed by atoms with Crippen LogP contribution in [0.25, 0.3) is 10.9 Å². The molecule has 3 heteroatoms. The maximum Gasteiger partial charge on any atom is 0.0474 e. The molecule has 15 heavy (non-hydrogen) atoms. The van der Waals surface area contributed by atoms with Crippen molar-refractivity contribution >= 4 is 33.0 Å². The van der Waals surface area contributed by atoms with Crippen molar-refractivity contribution in [1.82, 2.24) is 4.98 Å². The van der Waals surface area contributed by atoms with Crippen LogP contribution in [-0.4, -0.2) is 17.7 Å². The number of aliphatic imine (C=N–C) groups is 1. The van der Waals surface area contributed by atoms with E-state index in [1.54, 1.807) is 0 Å². The minimum absolute atomic E-state index is 0.945. The average Bonchev–Trinajstić information content (AvgIpc) is 2.42. The summed E-state index contributed by atoms with van der Waals surface area (Å²) in [4.78, 5) is 7.88. The Kier molecular flexibility index (Phi) is 2.13. The fourth-order valence-electron chi connectivity index (χ4n) is 2.09. The van der Waals surface area contributed by atoms with Gasteiger partial charge in [0.25, 0.3) is 0 Å². The Morgan fingerprint density at radius 2 is 2.27 bits per heavy atom. The highest BCUT2D eigenvalue weighted by atomic mass is 79.9. The van der Waals surface area contributed by atoms with E-state index in [0.717, 1.165) is 23.9 Å². The molecule has 0 bridgehead atoms. The van der Waals surface area contributed by atoms with Gasteiger partial charge in [0.2, 0.25) is 0 Å². The Hall–Kier alpha value is -1.09. The summed E-state index contributed by atoms with van der Waals surface area (Å²) >= 11 is 3.49. The number of benzene rings is 1. The Morgan fingerprint density at radius 1 is 1.33 bits per heavy atom. The summed E-state index contributed by atoms with van der Waals surface area (Å²) in [6.07, 6.45) is 4.24. The number of fused-ring (bicyclic) bond motifs is 3. The van der Waals surface area contributed by atoms with E-state index >= 15 is 0 Å². The van der Waals surface area contributed by atoms with E-state index < -0.39 is 0 Å². The van der Waals surface area contributed by atoms with Gasteiger partial charge in [0.1, 0.15) is 0 Å². The second-order valence-electron chi connectivity index (χ2n) is 3.85. The van der Waals surface area contributed by atoms with Crippen LogP contribution in [0.4, 0.5) is 0 Å². The summed E-state index contributed by atoms with van der Waals surface area (Å²) in [6.45, 7) is 0.945. The van der Waals surface area contributed by atoms with Crippen LogP contribution < -0.4 is 0 Å². The van der Waals surface area contributed by atoms with Gasteiger partial charge in [-0.3, -0.25) is 4.99 Å². The Bertz CT molecular complexity index is 540. The van der Waals surface area contributed by atoms with Crippen molar-refractivity contribution in [3.05, 3.63) is 33.9 Å². The summed E-state index contributed by atoms with van der Waals surface area (Å²) in [5.74, 6) is 0. The summed E-state index contributed by atoms with van der Waals surface area (Å²) in [5, 5.41) is 1.28. The highest BCUT2D eigenvalue weighted by Gasteiger charge is 2.11. The third kappa shape index (κ3) is 1.51. The third-order valence-electron chi connectivity index (χ3n) is 2.82. The van der Waals surface area contributed by atoms with Crippen LogP contribution in [0.3, 0.4) is 0 Å². The molecule has 0 fully saturated rings. The van der Waals surface area contributed by atoms with E-state index in [4.69, 9.17) is 0 Å². The first-order valence-electron chi connectivity index (χ1n) is 5.14. The van der Waals surface area contributed by atoms with E-state index in [1.807, 2.05) is 6.21 Å². The number of aromatic nitrogens is 1. The van der Waals surface area contributed by atoms with E-state index in [-0.39, 0.29) is 0 Å². The molecule has 1 aromatic heterocycles. The predicted octanol–water partition coefficient (Wildman–Crippen LogP) is 3.30. The molecule has 2 heterocycles. The standard InChI is InChI=1S/C12H11BrN2/c13-8-3-4-9-10-7-14-5-1-2-11(10)15-12(9)6-8/h3-4,6-7,15H,1-2,5H2. The zero-order chi connectivity index (χ0) is 10.3. The second kappa shape index (κ2) is 3.49. The fourth-order valence-corrected chi connectivity index (χ4v) is 2.46. The van der Waals surface area contributed by atoms with Gasteiger partial charge in [-0.15, -0.1) is 0 Å². The molecule has 1 aromatic carbocycles. The zero-order valence-corrected chi connectivity index (χ0v) is 9.84. The largest absolute Gasteiger partial charge is 0.358 e. The summed E-state index contributed by atoms with van der Waals surface area (Å²) < 4.78 is 1.11. The van der Waals surface area contributed by atoms with Crippen molar-refractivity contribution in [1.29, 1.82) is 0 Å². The average molecular weight is 263 g/mol. The predicted molar refractivity (Wildman–Crippen MR) is 66.8 cm³/mol. The molecule has 1 aliphatic heterocycles. The highest BCUT2D eigenvalue weighted by Crippen LogP contribution is 2.26. The van der Waals surface area contributed by atoms with Crippen LogP contribution in [0.15, 0.2) is 27.7 Å². The first-order chi connectivity index (χ1) is 7.34. The molecular weight excluding hydrogens is 252 g/mol. The molecule has 0 saturated carbocycles. The van der Waals surface area contributed by atoms with Crippen molar-refractivity contribution in [2.45, 2.75) is 12.8 Å².